The van der Waals surface area contributed by atoms with Gasteiger partial charge >= 0.3 is 0 Å². The fourth-order valence-corrected chi connectivity index (χ4v) is 5.07. The van der Waals surface area contributed by atoms with E-state index in [0.29, 0.717) is 17.4 Å². The van der Waals surface area contributed by atoms with Crippen molar-refractivity contribution >= 4 is 39.0 Å². The molecule has 35 heavy (non-hydrogen) atoms. The van der Waals surface area contributed by atoms with Crippen molar-refractivity contribution < 1.29 is 4.79 Å². The molecule has 1 aliphatic rings. The van der Waals surface area contributed by atoms with Crippen LogP contribution in [0.5, 0.6) is 0 Å². The Hall–Kier alpha value is -3.43. The van der Waals surface area contributed by atoms with Crippen LogP contribution in [0.15, 0.2) is 48.9 Å². The molecule has 0 unspecified atom stereocenters. The topological polar surface area (TPSA) is 87.1 Å². The van der Waals surface area contributed by atoms with Gasteiger partial charge in [-0.15, -0.1) is 0 Å². The maximum absolute atomic E-state index is 13.1. The van der Waals surface area contributed by atoms with Gasteiger partial charge in [0.15, 0.2) is 10.9 Å². The number of anilines is 2. The van der Waals surface area contributed by atoms with Crippen molar-refractivity contribution in [1.82, 2.24) is 24.8 Å². The van der Waals surface area contributed by atoms with E-state index < -0.39 is 0 Å². The van der Waals surface area contributed by atoms with E-state index in [1.807, 2.05) is 37.5 Å². The summed E-state index contributed by atoms with van der Waals surface area (Å²) in [5, 5.41) is 4.87. The van der Waals surface area contributed by atoms with Crippen LogP contribution in [-0.4, -0.2) is 69.9 Å². The van der Waals surface area contributed by atoms with E-state index in [1.165, 1.54) is 0 Å². The van der Waals surface area contributed by atoms with Gasteiger partial charge in [0, 0.05) is 68.8 Å². The first kappa shape index (κ1) is 23.3. The maximum Gasteiger partial charge on any atom is 0.182 e. The minimum atomic E-state index is -0.00825. The first-order valence-corrected chi connectivity index (χ1v) is 12.7. The number of carbonyl (C=O) groups excluding carboxylic acids is 1. The zero-order chi connectivity index (χ0) is 24.4. The number of Topliss-reactive ketones (excluding diaryl/α,β-unsaturated/α-hetero) is 1. The van der Waals surface area contributed by atoms with Crippen LogP contribution in [0.4, 0.5) is 10.9 Å². The van der Waals surface area contributed by atoms with Crippen LogP contribution in [0.3, 0.4) is 0 Å². The maximum atomic E-state index is 13.1. The van der Waals surface area contributed by atoms with Crippen LogP contribution < -0.4 is 10.2 Å². The quantitative estimate of drug-likeness (QED) is 0.389. The summed E-state index contributed by atoms with van der Waals surface area (Å²) in [6, 6.07) is 10.3. The van der Waals surface area contributed by atoms with Crippen molar-refractivity contribution in [3.05, 3.63) is 60.3 Å². The van der Waals surface area contributed by atoms with Gasteiger partial charge in [-0.1, -0.05) is 23.5 Å². The monoisotopic (exact) mass is 487 g/mol. The smallest absolute Gasteiger partial charge is 0.182 e. The Bertz CT molecular complexity index is 1340. The van der Waals surface area contributed by atoms with Crippen molar-refractivity contribution in [2.75, 3.05) is 43.4 Å². The lowest BCUT2D eigenvalue weighted by Crippen LogP contribution is -2.49. The number of nitrogens with zero attached hydrogens (tertiary/aromatic N) is 6. The number of aromatic nitrogens is 4. The average molecular weight is 488 g/mol. The molecular weight excluding hydrogens is 458 g/mol. The Labute approximate surface area is 209 Å². The fourth-order valence-electron chi connectivity index (χ4n) is 4.30. The van der Waals surface area contributed by atoms with Crippen molar-refractivity contribution in [2.45, 2.75) is 26.3 Å². The third kappa shape index (κ3) is 5.16. The number of fused-ring (bicyclic) bond motifs is 1. The van der Waals surface area contributed by atoms with Gasteiger partial charge in [-0.05, 0) is 37.6 Å². The number of rotatable bonds is 7. The second-order valence-electron chi connectivity index (χ2n) is 8.96. The molecule has 0 bridgehead atoms. The van der Waals surface area contributed by atoms with Gasteiger partial charge in [0.1, 0.15) is 11.6 Å². The van der Waals surface area contributed by atoms with Crippen LogP contribution in [0.25, 0.3) is 21.3 Å². The Morgan fingerprint density at radius 3 is 2.63 bits per heavy atom. The normalized spacial score (nSPS) is 14.6. The molecule has 0 amide bonds. The first-order chi connectivity index (χ1) is 17.0. The first-order valence-electron chi connectivity index (χ1n) is 11.9. The Kier molecular flexibility index (Phi) is 6.70. The van der Waals surface area contributed by atoms with Gasteiger partial charge in [0.2, 0.25) is 0 Å². The van der Waals surface area contributed by atoms with Gasteiger partial charge in [0.25, 0.3) is 0 Å². The zero-order valence-electron chi connectivity index (χ0n) is 20.2. The zero-order valence-corrected chi connectivity index (χ0v) is 21.0. The Morgan fingerprint density at radius 1 is 1.06 bits per heavy atom. The van der Waals surface area contributed by atoms with Crippen LogP contribution in [0, 0.1) is 0 Å². The minimum Gasteiger partial charge on any atom is -0.365 e. The van der Waals surface area contributed by atoms with Gasteiger partial charge in [-0.25, -0.2) is 19.9 Å². The highest BCUT2D eigenvalue weighted by Crippen LogP contribution is 2.30. The summed E-state index contributed by atoms with van der Waals surface area (Å²) in [5.41, 5.74) is 2.50. The SMILES string of the molecule is CNc1ncc(-c2ccc3cnc(CC(=O)c4ccnc(N5CCN(C(C)C)CC5)c4)nc3c2)s1. The largest absolute Gasteiger partial charge is 0.365 e. The minimum absolute atomic E-state index is 0.00825. The summed E-state index contributed by atoms with van der Waals surface area (Å²) in [6.07, 6.45) is 5.51. The highest BCUT2D eigenvalue weighted by Gasteiger charge is 2.20. The van der Waals surface area contributed by atoms with Gasteiger partial charge in [-0.2, -0.15) is 0 Å². The van der Waals surface area contributed by atoms with E-state index in [1.54, 1.807) is 29.8 Å². The van der Waals surface area contributed by atoms with Crippen molar-refractivity contribution in [2.24, 2.45) is 0 Å². The van der Waals surface area contributed by atoms with Crippen LogP contribution in [-0.2, 0) is 6.42 Å². The molecule has 1 aromatic carbocycles. The van der Waals surface area contributed by atoms with Gasteiger partial charge < -0.3 is 10.2 Å². The molecule has 0 saturated carbocycles. The molecule has 1 N–H and O–H groups in total. The molecular formula is C26H29N7OS. The van der Waals surface area contributed by atoms with Gasteiger partial charge in [-0.3, -0.25) is 9.69 Å². The number of hydrogen-bond donors (Lipinski definition) is 1. The molecule has 3 aromatic heterocycles. The van der Waals surface area contributed by atoms with Crippen LogP contribution >= 0.6 is 11.3 Å². The number of carbonyl (C=O) groups is 1. The molecule has 0 aliphatic carbocycles. The highest BCUT2D eigenvalue weighted by atomic mass is 32.1. The molecule has 8 nitrogen and oxygen atoms in total. The molecule has 1 aliphatic heterocycles. The molecule has 0 spiro atoms. The molecule has 4 aromatic rings. The molecule has 1 fully saturated rings. The second kappa shape index (κ2) is 10.1. The number of hydrogen-bond acceptors (Lipinski definition) is 9. The van der Waals surface area contributed by atoms with Crippen LogP contribution in [0.1, 0.15) is 30.0 Å². The molecule has 5 rings (SSSR count). The highest BCUT2D eigenvalue weighted by molar-refractivity contribution is 7.18. The molecule has 180 valence electrons. The lowest BCUT2D eigenvalue weighted by atomic mass is 10.1. The van der Waals surface area contributed by atoms with Crippen LogP contribution in [0.2, 0.25) is 0 Å². The number of thiazole rings is 1. The number of benzene rings is 1. The summed E-state index contributed by atoms with van der Waals surface area (Å²) >= 11 is 1.59. The molecule has 4 heterocycles. The van der Waals surface area contributed by atoms with Crippen molar-refractivity contribution in [3.63, 3.8) is 0 Å². The molecule has 1 saturated heterocycles. The third-order valence-electron chi connectivity index (χ3n) is 6.39. The summed E-state index contributed by atoms with van der Waals surface area (Å²) in [7, 11) is 1.86. The lowest BCUT2D eigenvalue weighted by molar-refractivity contribution is 0.0991. The summed E-state index contributed by atoms with van der Waals surface area (Å²) in [6.45, 7) is 8.28. The Morgan fingerprint density at radius 2 is 1.89 bits per heavy atom. The number of pyridine rings is 1. The average Bonchev–Trinajstić information content (AvgIpc) is 3.38. The predicted octanol–water partition coefficient (Wildman–Crippen LogP) is 4.15. The van der Waals surface area contributed by atoms with E-state index in [9.17, 15) is 4.79 Å². The number of ketones is 1. The number of piperazine rings is 1. The van der Waals surface area contributed by atoms with E-state index in [4.69, 9.17) is 4.98 Å². The van der Waals surface area contributed by atoms with Gasteiger partial charge in [0.05, 0.1) is 16.8 Å². The number of nitrogens with one attached hydrogen (secondary N) is 1. The molecule has 0 radical (unpaired) electrons. The summed E-state index contributed by atoms with van der Waals surface area (Å²) in [4.78, 5) is 36.9. The standard InChI is InChI=1S/C26H29N7OS/c1-17(2)32-8-10-33(11-9-32)25-13-18(6-7-28-25)22(34)14-24-29-15-20-5-4-19(12-21(20)31-24)23-16-30-26(27-3)35-23/h4-7,12-13,15-17H,8-11,14H2,1-3H3,(H,27,30). The van der Waals surface area contributed by atoms with E-state index in [0.717, 1.165) is 58.5 Å². The summed E-state index contributed by atoms with van der Waals surface area (Å²) < 4.78 is 0. The Balaban J connectivity index is 1.31. The lowest BCUT2D eigenvalue weighted by Gasteiger charge is -2.37. The molecule has 9 heteroatoms. The van der Waals surface area contributed by atoms with Crippen molar-refractivity contribution in [3.8, 4) is 10.4 Å². The molecule has 0 atom stereocenters. The van der Waals surface area contributed by atoms with E-state index >= 15 is 0 Å². The summed E-state index contributed by atoms with van der Waals surface area (Å²) in [5.74, 6) is 1.36. The van der Waals surface area contributed by atoms with E-state index in [-0.39, 0.29) is 12.2 Å². The van der Waals surface area contributed by atoms with E-state index in [2.05, 4.69) is 43.9 Å². The second-order valence-corrected chi connectivity index (χ2v) is 9.99. The third-order valence-corrected chi connectivity index (χ3v) is 7.46. The van der Waals surface area contributed by atoms with Crippen molar-refractivity contribution in [1.29, 1.82) is 0 Å². The predicted molar refractivity (Wildman–Crippen MR) is 141 cm³/mol. The fraction of sp³-hybridized carbons (Fsp3) is 0.346.